The molecule has 0 bridgehead atoms. The van der Waals surface area contributed by atoms with Crippen LogP contribution in [0.5, 0.6) is 0 Å². The van der Waals surface area contributed by atoms with Crippen LogP contribution in [-0.4, -0.2) is 43.0 Å². The molecule has 0 aliphatic carbocycles. The Labute approximate surface area is 134 Å². The Bertz CT molecular complexity index is 559. The Morgan fingerprint density at radius 2 is 1.23 bits per heavy atom. The van der Waals surface area contributed by atoms with Crippen molar-refractivity contribution < 1.29 is 0 Å². The van der Waals surface area contributed by atoms with Crippen molar-refractivity contribution in [3.05, 3.63) is 71.8 Å². The summed E-state index contributed by atoms with van der Waals surface area (Å²) in [5.41, 5.74) is 2.86. The highest BCUT2D eigenvalue weighted by molar-refractivity contribution is 5.27. The van der Waals surface area contributed by atoms with E-state index in [9.17, 15) is 0 Å². The van der Waals surface area contributed by atoms with Gasteiger partial charge in [0.15, 0.2) is 0 Å². The van der Waals surface area contributed by atoms with E-state index in [-0.39, 0.29) is 0 Å². The maximum atomic E-state index is 2.66. The minimum Gasteiger partial charge on any atom is -0.304 e. The summed E-state index contributed by atoms with van der Waals surface area (Å²) >= 11 is 0. The van der Waals surface area contributed by atoms with Crippen LogP contribution in [0.25, 0.3) is 0 Å². The predicted molar refractivity (Wildman–Crippen MR) is 93.1 cm³/mol. The maximum absolute atomic E-state index is 2.66. The van der Waals surface area contributed by atoms with Crippen molar-refractivity contribution in [1.29, 1.82) is 0 Å². The monoisotopic (exact) mass is 294 g/mol. The summed E-state index contributed by atoms with van der Waals surface area (Å²) in [5, 5.41) is 0. The second-order valence-electron chi connectivity index (χ2n) is 6.39. The molecule has 1 aliphatic heterocycles. The van der Waals surface area contributed by atoms with Gasteiger partial charge in [0.1, 0.15) is 0 Å². The lowest BCUT2D eigenvalue weighted by Crippen LogP contribution is -2.47. The molecule has 1 fully saturated rings. The lowest BCUT2D eigenvalue weighted by atomic mass is 9.87. The molecule has 2 atom stereocenters. The number of nitrogens with zero attached hydrogens (tertiary/aromatic N) is 2. The third-order valence-electron chi connectivity index (χ3n) is 4.87. The molecule has 0 radical (unpaired) electrons. The van der Waals surface area contributed by atoms with E-state index in [2.05, 4.69) is 84.4 Å². The second kappa shape index (κ2) is 7.08. The zero-order valence-electron chi connectivity index (χ0n) is 13.7. The number of hydrogen-bond acceptors (Lipinski definition) is 2. The molecule has 0 aromatic heterocycles. The summed E-state index contributed by atoms with van der Waals surface area (Å²) in [7, 11) is 2.22. The van der Waals surface area contributed by atoms with Gasteiger partial charge in [0.2, 0.25) is 0 Å². The third-order valence-corrected chi connectivity index (χ3v) is 4.87. The highest BCUT2D eigenvalue weighted by Gasteiger charge is 2.29. The van der Waals surface area contributed by atoms with Crippen LogP contribution < -0.4 is 0 Å². The van der Waals surface area contributed by atoms with E-state index in [0.29, 0.717) is 12.0 Å². The summed E-state index contributed by atoms with van der Waals surface area (Å²) in [4.78, 5) is 5.08. The molecule has 2 aromatic rings. The fraction of sp³-hybridized carbons (Fsp3) is 0.400. The molecule has 1 heterocycles. The van der Waals surface area contributed by atoms with Crippen LogP contribution in [0.2, 0.25) is 0 Å². The Kier molecular flexibility index (Phi) is 4.91. The van der Waals surface area contributed by atoms with Gasteiger partial charge < -0.3 is 4.90 Å². The lowest BCUT2D eigenvalue weighted by Gasteiger charge is -2.41. The van der Waals surface area contributed by atoms with Gasteiger partial charge in [-0.3, -0.25) is 4.90 Å². The van der Waals surface area contributed by atoms with Gasteiger partial charge in [-0.05, 0) is 18.2 Å². The first-order chi connectivity index (χ1) is 10.8. The third kappa shape index (κ3) is 3.40. The molecule has 0 amide bonds. The van der Waals surface area contributed by atoms with Gasteiger partial charge in [-0.2, -0.15) is 0 Å². The van der Waals surface area contributed by atoms with Crippen molar-refractivity contribution in [1.82, 2.24) is 9.80 Å². The summed E-state index contributed by atoms with van der Waals surface area (Å²) in [6.07, 6.45) is 0. The van der Waals surface area contributed by atoms with Crippen LogP contribution >= 0.6 is 0 Å². The van der Waals surface area contributed by atoms with Crippen LogP contribution in [-0.2, 0) is 0 Å². The normalized spacial score (nSPS) is 19.7. The average molecular weight is 294 g/mol. The van der Waals surface area contributed by atoms with Gasteiger partial charge in [-0.15, -0.1) is 0 Å². The molecule has 116 valence electrons. The summed E-state index contributed by atoms with van der Waals surface area (Å²) in [6, 6.07) is 22.4. The number of piperazine rings is 1. The SMILES string of the molecule is CC(c1ccccc1)C(c1ccccc1)N1CCN(C)CC1. The van der Waals surface area contributed by atoms with Crippen molar-refractivity contribution in [2.75, 3.05) is 33.2 Å². The van der Waals surface area contributed by atoms with Crippen molar-refractivity contribution in [3.63, 3.8) is 0 Å². The summed E-state index contributed by atoms with van der Waals surface area (Å²) in [5.74, 6) is 0.493. The molecule has 0 N–H and O–H groups in total. The molecular weight excluding hydrogens is 268 g/mol. The van der Waals surface area contributed by atoms with E-state index in [0.717, 1.165) is 26.2 Å². The maximum Gasteiger partial charge on any atom is 0.0415 e. The van der Waals surface area contributed by atoms with Gasteiger partial charge in [0.25, 0.3) is 0 Å². The van der Waals surface area contributed by atoms with Gasteiger partial charge in [0, 0.05) is 38.1 Å². The smallest absolute Gasteiger partial charge is 0.0415 e. The number of rotatable bonds is 4. The van der Waals surface area contributed by atoms with E-state index in [4.69, 9.17) is 0 Å². The topological polar surface area (TPSA) is 6.48 Å². The Balaban J connectivity index is 1.89. The molecule has 1 aliphatic rings. The molecule has 2 unspecified atom stereocenters. The average Bonchev–Trinajstić information content (AvgIpc) is 2.58. The van der Waals surface area contributed by atoms with E-state index < -0.39 is 0 Å². The fourth-order valence-electron chi connectivity index (χ4n) is 3.50. The Morgan fingerprint density at radius 1 is 0.727 bits per heavy atom. The molecule has 3 rings (SSSR count). The molecule has 0 saturated carbocycles. The van der Waals surface area contributed by atoms with Crippen LogP contribution in [0.1, 0.15) is 30.0 Å². The van der Waals surface area contributed by atoms with E-state index in [1.165, 1.54) is 11.1 Å². The molecule has 0 spiro atoms. The van der Waals surface area contributed by atoms with E-state index >= 15 is 0 Å². The number of likely N-dealkylation sites (N-methyl/N-ethyl adjacent to an activating group) is 1. The van der Waals surface area contributed by atoms with Gasteiger partial charge >= 0.3 is 0 Å². The molecule has 1 saturated heterocycles. The molecule has 22 heavy (non-hydrogen) atoms. The first-order valence-electron chi connectivity index (χ1n) is 8.28. The molecule has 2 nitrogen and oxygen atoms in total. The van der Waals surface area contributed by atoms with E-state index in [1.807, 2.05) is 0 Å². The minimum atomic E-state index is 0.456. The van der Waals surface area contributed by atoms with Crippen molar-refractivity contribution >= 4 is 0 Å². The molecular formula is C20H26N2. The first kappa shape index (κ1) is 15.3. The van der Waals surface area contributed by atoms with Crippen molar-refractivity contribution in [2.45, 2.75) is 18.9 Å². The van der Waals surface area contributed by atoms with Gasteiger partial charge in [0.05, 0.1) is 0 Å². The number of hydrogen-bond donors (Lipinski definition) is 0. The zero-order valence-corrected chi connectivity index (χ0v) is 13.7. The Morgan fingerprint density at radius 3 is 1.77 bits per heavy atom. The number of benzene rings is 2. The lowest BCUT2D eigenvalue weighted by molar-refractivity contribution is 0.0997. The van der Waals surface area contributed by atoms with Crippen LogP contribution in [0.4, 0.5) is 0 Å². The van der Waals surface area contributed by atoms with Crippen LogP contribution in [0.3, 0.4) is 0 Å². The first-order valence-corrected chi connectivity index (χ1v) is 8.28. The second-order valence-corrected chi connectivity index (χ2v) is 6.39. The Hall–Kier alpha value is -1.64. The van der Waals surface area contributed by atoms with E-state index in [1.54, 1.807) is 0 Å². The summed E-state index contributed by atoms with van der Waals surface area (Å²) in [6.45, 7) is 6.97. The van der Waals surface area contributed by atoms with Gasteiger partial charge in [-0.1, -0.05) is 67.6 Å². The quantitative estimate of drug-likeness (QED) is 0.847. The molecule has 2 heteroatoms. The van der Waals surface area contributed by atoms with Gasteiger partial charge in [-0.25, -0.2) is 0 Å². The standard InChI is InChI=1S/C20H26N2/c1-17(18-9-5-3-6-10-18)20(19-11-7-4-8-12-19)22-15-13-21(2)14-16-22/h3-12,17,20H,13-16H2,1-2H3. The largest absolute Gasteiger partial charge is 0.304 e. The minimum absolute atomic E-state index is 0.456. The van der Waals surface area contributed by atoms with Crippen molar-refractivity contribution in [2.24, 2.45) is 0 Å². The molecule has 2 aromatic carbocycles. The predicted octanol–water partition coefficient (Wildman–Crippen LogP) is 3.78. The fourth-order valence-corrected chi connectivity index (χ4v) is 3.50. The van der Waals surface area contributed by atoms with Crippen molar-refractivity contribution in [3.8, 4) is 0 Å². The highest BCUT2D eigenvalue weighted by atomic mass is 15.3. The zero-order chi connectivity index (χ0) is 15.4. The highest BCUT2D eigenvalue weighted by Crippen LogP contribution is 2.36. The van der Waals surface area contributed by atoms with Crippen LogP contribution in [0, 0.1) is 0 Å². The van der Waals surface area contributed by atoms with Crippen LogP contribution in [0.15, 0.2) is 60.7 Å². The summed E-state index contributed by atoms with van der Waals surface area (Å²) < 4.78 is 0.